The lowest BCUT2D eigenvalue weighted by Gasteiger charge is -2.29. The highest BCUT2D eigenvalue weighted by molar-refractivity contribution is 5.89. The van der Waals surface area contributed by atoms with E-state index in [4.69, 9.17) is 4.74 Å². The second-order valence-corrected chi connectivity index (χ2v) is 9.30. The summed E-state index contributed by atoms with van der Waals surface area (Å²) in [7, 11) is 4.05. The van der Waals surface area contributed by atoms with Crippen molar-refractivity contribution in [3.63, 3.8) is 0 Å². The molecule has 3 fully saturated rings. The fourth-order valence-electron chi connectivity index (χ4n) is 5.11. The van der Waals surface area contributed by atoms with Gasteiger partial charge in [0.05, 0.1) is 12.0 Å². The Morgan fingerprint density at radius 2 is 1.83 bits per heavy atom. The number of benzene rings is 1. The normalized spacial score (nSPS) is 24.6. The number of likely N-dealkylation sites (tertiary alicyclic amines) is 1. The molecule has 2 atom stereocenters. The molecule has 1 aliphatic carbocycles. The Labute approximate surface area is 180 Å². The summed E-state index contributed by atoms with van der Waals surface area (Å²) >= 11 is 0. The molecule has 0 radical (unpaired) electrons. The molecule has 0 bridgehead atoms. The quantitative estimate of drug-likeness (QED) is 0.689. The Morgan fingerprint density at radius 3 is 2.47 bits per heavy atom. The Morgan fingerprint density at radius 1 is 1.10 bits per heavy atom. The minimum Gasteiger partial charge on any atom is -0.378 e. The van der Waals surface area contributed by atoms with Crippen LogP contribution in [0.4, 0.5) is 5.69 Å². The van der Waals surface area contributed by atoms with Crippen molar-refractivity contribution in [1.29, 1.82) is 0 Å². The van der Waals surface area contributed by atoms with Gasteiger partial charge in [0.1, 0.15) is 0 Å². The van der Waals surface area contributed by atoms with Gasteiger partial charge in [-0.15, -0.1) is 0 Å². The Hall–Kier alpha value is -2.08. The number of hydrogen-bond donors (Lipinski definition) is 0. The largest absolute Gasteiger partial charge is 0.378 e. The molecular formula is C24H35N3O3. The fraction of sp³-hybridized carbons (Fsp3) is 0.667. The van der Waals surface area contributed by atoms with Crippen LogP contribution in [0.15, 0.2) is 24.3 Å². The third-order valence-electron chi connectivity index (χ3n) is 6.86. The Balaban J connectivity index is 1.45. The Bertz CT molecular complexity index is 737. The predicted molar refractivity (Wildman–Crippen MR) is 117 cm³/mol. The third-order valence-corrected chi connectivity index (χ3v) is 6.86. The first-order valence-corrected chi connectivity index (χ1v) is 11.5. The first kappa shape index (κ1) is 21.2. The first-order valence-electron chi connectivity index (χ1n) is 11.5. The lowest BCUT2D eigenvalue weighted by atomic mass is 10.1. The van der Waals surface area contributed by atoms with Gasteiger partial charge in [0.25, 0.3) is 0 Å². The van der Waals surface area contributed by atoms with Crippen LogP contribution in [0.25, 0.3) is 0 Å². The summed E-state index contributed by atoms with van der Waals surface area (Å²) in [5, 5.41) is 0. The van der Waals surface area contributed by atoms with Crippen LogP contribution in [0.5, 0.6) is 0 Å². The van der Waals surface area contributed by atoms with Crippen molar-refractivity contribution in [3.8, 4) is 0 Å². The molecule has 3 aliphatic rings. The maximum absolute atomic E-state index is 13.5. The van der Waals surface area contributed by atoms with Gasteiger partial charge < -0.3 is 19.4 Å². The number of carbonyl (C=O) groups excluding carboxylic acids is 2. The number of nitrogens with zero attached hydrogens (tertiary/aromatic N) is 3. The minimum atomic E-state index is -0.222. The van der Waals surface area contributed by atoms with E-state index in [0.29, 0.717) is 32.1 Å². The molecule has 1 aromatic rings. The van der Waals surface area contributed by atoms with Crippen molar-refractivity contribution in [3.05, 3.63) is 29.8 Å². The average molecular weight is 414 g/mol. The molecule has 2 saturated heterocycles. The van der Waals surface area contributed by atoms with Gasteiger partial charge in [0.15, 0.2) is 0 Å². The van der Waals surface area contributed by atoms with Crippen molar-refractivity contribution in [1.82, 2.24) is 9.80 Å². The van der Waals surface area contributed by atoms with Gasteiger partial charge in [0, 0.05) is 58.5 Å². The van der Waals surface area contributed by atoms with Crippen LogP contribution < -0.4 is 4.90 Å². The van der Waals surface area contributed by atoms with Crippen LogP contribution in [-0.2, 0) is 20.9 Å². The molecule has 164 valence electrons. The van der Waals surface area contributed by atoms with Crippen molar-refractivity contribution in [2.45, 2.75) is 63.6 Å². The molecule has 4 rings (SSSR count). The van der Waals surface area contributed by atoms with Gasteiger partial charge in [-0.2, -0.15) is 0 Å². The van der Waals surface area contributed by atoms with Crippen molar-refractivity contribution in [2.75, 3.05) is 38.7 Å². The molecule has 0 N–H and O–H groups in total. The van der Waals surface area contributed by atoms with E-state index >= 15 is 0 Å². The van der Waals surface area contributed by atoms with E-state index in [9.17, 15) is 9.59 Å². The molecule has 1 aromatic carbocycles. The van der Waals surface area contributed by atoms with Crippen molar-refractivity contribution in [2.24, 2.45) is 5.92 Å². The monoisotopic (exact) mass is 413 g/mol. The van der Waals surface area contributed by atoms with Crippen LogP contribution >= 0.6 is 0 Å². The van der Waals surface area contributed by atoms with Crippen LogP contribution in [0.2, 0.25) is 0 Å². The van der Waals surface area contributed by atoms with Gasteiger partial charge in [0.2, 0.25) is 11.8 Å². The predicted octanol–water partition coefficient (Wildman–Crippen LogP) is 3.05. The second-order valence-electron chi connectivity index (χ2n) is 9.30. The van der Waals surface area contributed by atoms with Crippen LogP contribution in [0, 0.1) is 5.92 Å². The number of anilines is 1. The zero-order chi connectivity index (χ0) is 21.1. The van der Waals surface area contributed by atoms with Crippen molar-refractivity contribution >= 4 is 17.5 Å². The number of amides is 2. The van der Waals surface area contributed by atoms with Crippen LogP contribution in [0.1, 0.15) is 50.5 Å². The van der Waals surface area contributed by atoms with Gasteiger partial charge in [-0.25, -0.2) is 0 Å². The summed E-state index contributed by atoms with van der Waals surface area (Å²) in [5.74, 6) is 0.0456. The maximum atomic E-state index is 13.5. The number of ether oxygens (including phenoxy) is 1. The smallest absolute Gasteiger partial charge is 0.228 e. The van der Waals surface area contributed by atoms with Crippen molar-refractivity contribution < 1.29 is 14.3 Å². The van der Waals surface area contributed by atoms with E-state index in [1.54, 1.807) is 0 Å². The third kappa shape index (κ3) is 4.80. The Kier molecular flexibility index (Phi) is 6.61. The molecule has 2 aliphatic heterocycles. The van der Waals surface area contributed by atoms with Crippen LogP contribution in [-0.4, -0.2) is 67.6 Å². The molecule has 6 heteroatoms. The average Bonchev–Trinajstić information content (AvgIpc) is 3.49. The van der Waals surface area contributed by atoms with E-state index in [0.717, 1.165) is 43.5 Å². The highest BCUT2D eigenvalue weighted by Gasteiger charge is 2.40. The lowest BCUT2D eigenvalue weighted by Crippen LogP contribution is -2.42. The summed E-state index contributed by atoms with van der Waals surface area (Å²) in [6, 6.07) is 8.71. The summed E-state index contributed by atoms with van der Waals surface area (Å²) in [6.45, 7) is 2.55. The molecule has 0 aromatic heterocycles. The van der Waals surface area contributed by atoms with E-state index in [1.165, 1.54) is 12.8 Å². The summed E-state index contributed by atoms with van der Waals surface area (Å²) in [6.07, 6.45) is 7.09. The summed E-state index contributed by atoms with van der Waals surface area (Å²) in [4.78, 5) is 32.1. The molecule has 1 saturated carbocycles. The lowest BCUT2D eigenvalue weighted by molar-refractivity contribution is -0.138. The van der Waals surface area contributed by atoms with E-state index in [-0.39, 0.29) is 23.8 Å². The van der Waals surface area contributed by atoms with Crippen LogP contribution in [0.3, 0.4) is 0 Å². The maximum Gasteiger partial charge on any atom is 0.228 e. The molecule has 2 heterocycles. The number of carbonyl (C=O) groups is 2. The summed E-state index contributed by atoms with van der Waals surface area (Å²) < 4.78 is 5.83. The molecular weight excluding hydrogens is 378 g/mol. The second kappa shape index (κ2) is 9.38. The highest BCUT2D eigenvalue weighted by atomic mass is 16.5. The molecule has 0 spiro atoms. The standard InChI is InChI=1S/C24H35N3O3/c1-25(2)20-11-9-18(10-12-20)15-26(17-22-8-5-13-30-22)24(29)19-14-23(28)27(16-19)21-6-3-4-7-21/h9-12,19,21-22H,3-8,13-17H2,1-2H3/t19-,22-/m0/s1. The zero-order valence-corrected chi connectivity index (χ0v) is 18.4. The SMILES string of the molecule is CN(C)c1ccc(CN(C[C@@H]2CCCO2)C(=O)[C@H]2CC(=O)N(C3CCCC3)C2)cc1. The topological polar surface area (TPSA) is 53.1 Å². The highest BCUT2D eigenvalue weighted by Crippen LogP contribution is 2.31. The number of rotatable bonds is 7. The zero-order valence-electron chi connectivity index (χ0n) is 18.4. The van der Waals surface area contributed by atoms with E-state index in [2.05, 4.69) is 29.2 Å². The summed E-state index contributed by atoms with van der Waals surface area (Å²) in [5.41, 5.74) is 2.26. The van der Waals surface area contributed by atoms with Gasteiger partial charge in [-0.1, -0.05) is 25.0 Å². The minimum absolute atomic E-state index is 0.107. The van der Waals surface area contributed by atoms with Gasteiger partial charge in [-0.3, -0.25) is 9.59 Å². The van der Waals surface area contributed by atoms with E-state index in [1.807, 2.05) is 23.9 Å². The van der Waals surface area contributed by atoms with Gasteiger partial charge in [-0.05, 0) is 43.4 Å². The van der Waals surface area contributed by atoms with E-state index < -0.39 is 0 Å². The fourth-order valence-corrected chi connectivity index (χ4v) is 5.11. The number of hydrogen-bond acceptors (Lipinski definition) is 4. The first-order chi connectivity index (χ1) is 14.5. The molecule has 30 heavy (non-hydrogen) atoms. The molecule has 0 unspecified atom stereocenters. The van der Waals surface area contributed by atoms with Gasteiger partial charge >= 0.3 is 0 Å². The molecule has 2 amide bonds. The molecule has 6 nitrogen and oxygen atoms in total.